The second-order valence-corrected chi connectivity index (χ2v) is 6.14. The van der Waals surface area contributed by atoms with Gasteiger partial charge in [-0.05, 0) is 42.5 Å². The lowest BCUT2D eigenvalue weighted by molar-refractivity contribution is -0.135. The average molecular weight is 347 g/mol. The first kappa shape index (κ1) is 18.8. The van der Waals surface area contributed by atoms with Crippen molar-refractivity contribution in [2.75, 3.05) is 33.9 Å². The third kappa shape index (κ3) is 5.52. The maximum Gasteiger partial charge on any atom is 0.330 e. The normalized spacial score (nSPS) is 17.4. The van der Waals surface area contributed by atoms with Crippen molar-refractivity contribution >= 4 is 18.0 Å². The summed E-state index contributed by atoms with van der Waals surface area (Å²) in [6, 6.07) is 5.24. The lowest BCUT2D eigenvalue weighted by Gasteiger charge is -2.30. The maximum atomic E-state index is 12.3. The molecule has 1 amide bonds. The number of esters is 1. The van der Waals surface area contributed by atoms with Crippen molar-refractivity contribution in [2.24, 2.45) is 5.92 Å². The first-order chi connectivity index (χ1) is 12.0. The van der Waals surface area contributed by atoms with Crippen LogP contribution in [0.5, 0.6) is 11.5 Å². The molecule has 2 rings (SSSR count). The molecule has 0 aliphatic carbocycles. The summed E-state index contributed by atoms with van der Waals surface area (Å²) >= 11 is 0. The van der Waals surface area contributed by atoms with Crippen LogP contribution >= 0.6 is 0 Å². The number of rotatable bonds is 6. The number of hydrogen-bond acceptors (Lipinski definition) is 5. The monoisotopic (exact) mass is 347 g/mol. The molecule has 0 spiro atoms. The van der Waals surface area contributed by atoms with Crippen LogP contribution in [-0.4, -0.2) is 50.7 Å². The number of nitrogens with zero attached hydrogens (tertiary/aromatic N) is 1. The lowest BCUT2D eigenvalue weighted by atomic mass is 10.0. The molecule has 136 valence electrons. The Bertz CT molecular complexity index is 641. The molecule has 1 aromatic carbocycles. The molecule has 1 unspecified atom stereocenters. The Labute approximate surface area is 148 Å². The number of likely N-dealkylation sites (tertiary alicyclic amines) is 1. The van der Waals surface area contributed by atoms with Crippen molar-refractivity contribution in [3.05, 3.63) is 29.8 Å². The Morgan fingerprint density at radius 3 is 2.76 bits per heavy atom. The van der Waals surface area contributed by atoms with E-state index in [1.807, 2.05) is 4.90 Å². The van der Waals surface area contributed by atoms with E-state index in [9.17, 15) is 9.59 Å². The smallest absolute Gasteiger partial charge is 0.330 e. The maximum absolute atomic E-state index is 12.3. The summed E-state index contributed by atoms with van der Waals surface area (Å²) in [6.07, 6.45) is 5.16. The summed E-state index contributed by atoms with van der Waals surface area (Å²) < 4.78 is 15.5. The molecule has 0 N–H and O–H groups in total. The first-order valence-corrected chi connectivity index (χ1v) is 8.38. The van der Waals surface area contributed by atoms with Crippen LogP contribution in [0, 0.1) is 5.92 Å². The van der Waals surface area contributed by atoms with Crippen molar-refractivity contribution in [3.8, 4) is 11.5 Å². The van der Waals surface area contributed by atoms with Gasteiger partial charge in [0.25, 0.3) is 5.91 Å². The summed E-state index contributed by atoms with van der Waals surface area (Å²) in [5.41, 5.74) is 0.769. The summed E-state index contributed by atoms with van der Waals surface area (Å²) in [5.74, 6) is 1.10. The molecule has 1 saturated heterocycles. The van der Waals surface area contributed by atoms with E-state index >= 15 is 0 Å². The summed E-state index contributed by atoms with van der Waals surface area (Å²) in [6.45, 7) is 3.72. The van der Waals surface area contributed by atoms with Crippen LogP contribution in [0.25, 0.3) is 6.08 Å². The number of carbonyl (C=O) groups excluding carboxylic acids is 2. The fourth-order valence-corrected chi connectivity index (χ4v) is 2.79. The van der Waals surface area contributed by atoms with Crippen molar-refractivity contribution in [1.82, 2.24) is 4.90 Å². The molecule has 1 aliphatic heterocycles. The molecule has 1 heterocycles. The van der Waals surface area contributed by atoms with E-state index in [4.69, 9.17) is 9.47 Å². The number of benzene rings is 1. The van der Waals surface area contributed by atoms with Crippen LogP contribution in [0.3, 0.4) is 0 Å². The quantitative estimate of drug-likeness (QED) is 0.584. The minimum Gasteiger partial charge on any atom is -0.493 e. The molecule has 25 heavy (non-hydrogen) atoms. The third-order valence-corrected chi connectivity index (χ3v) is 4.16. The largest absolute Gasteiger partial charge is 0.493 e. The van der Waals surface area contributed by atoms with Gasteiger partial charge in [0, 0.05) is 19.2 Å². The van der Waals surface area contributed by atoms with Gasteiger partial charge < -0.3 is 19.1 Å². The van der Waals surface area contributed by atoms with Crippen LogP contribution in [0.15, 0.2) is 24.3 Å². The van der Waals surface area contributed by atoms with Crippen LogP contribution in [0.4, 0.5) is 0 Å². The Hall–Kier alpha value is -2.50. The molecule has 0 saturated carbocycles. The zero-order valence-electron chi connectivity index (χ0n) is 15.0. The van der Waals surface area contributed by atoms with E-state index in [1.54, 1.807) is 24.3 Å². The van der Waals surface area contributed by atoms with Gasteiger partial charge in [0.05, 0.1) is 14.2 Å². The van der Waals surface area contributed by atoms with E-state index in [1.165, 1.54) is 26.7 Å². The van der Waals surface area contributed by atoms with E-state index in [0.717, 1.165) is 25.1 Å². The Kier molecular flexibility index (Phi) is 6.86. The van der Waals surface area contributed by atoms with Gasteiger partial charge in [-0.3, -0.25) is 4.79 Å². The molecule has 6 nitrogen and oxygen atoms in total. The highest BCUT2D eigenvalue weighted by molar-refractivity contribution is 5.87. The van der Waals surface area contributed by atoms with Gasteiger partial charge in [0.15, 0.2) is 18.1 Å². The topological polar surface area (TPSA) is 65.1 Å². The Balaban J connectivity index is 1.98. The highest BCUT2D eigenvalue weighted by Gasteiger charge is 2.21. The molecule has 0 bridgehead atoms. The van der Waals surface area contributed by atoms with Gasteiger partial charge in [0.1, 0.15) is 0 Å². The number of amides is 1. The molecule has 0 aromatic heterocycles. The van der Waals surface area contributed by atoms with E-state index in [2.05, 4.69) is 11.7 Å². The molecule has 0 radical (unpaired) electrons. The minimum absolute atomic E-state index is 0.0109. The zero-order valence-corrected chi connectivity index (χ0v) is 15.0. The molecule has 6 heteroatoms. The molecule has 1 aliphatic rings. The molecular weight excluding hydrogens is 322 g/mol. The average Bonchev–Trinajstić information content (AvgIpc) is 2.64. The van der Waals surface area contributed by atoms with E-state index in [0.29, 0.717) is 17.4 Å². The van der Waals surface area contributed by atoms with Crippen molar-refractivity contribution in [1.29, 1.82) is 0 Å². The molecule has 1 atom stereocenters. The van der Waals surface area contributed by atoms with Crippen molar-refractivity contribution in [2.45, 2.75) is 19.8 Å². The Morgan fingerprint density at radius 2 is 2.08 bits per heavy atom. The number of hydrogen-bond donors (Lipinski definition) is 0. The van der Waals surface area contributed by atoms with Crippen LogP contribution in [0.2, 0.25) is 0 Å². The number of methoxy groups -OCH3 is 2. The van der Waals surface area contributed by atoms with Gasteiger partial charge >= 0.3 is 5.97 Å². The first-order valence-electron chi connectivity index (χ1n) is 8.38. The van der Waals surface area contributed by atoms with Gasteiger partial charge in [-0.1, -0.05) is 13.0 Å². The number of carbonyl (C=O) groups is 2. The SMILES string of the molecule is COC(=O)/C=C/c1ccc(OCC(=O)N2CCCC(C)C2)c(OC)c1. The number of piperidine rings is 1. The van der Waals surface area contributed by atoms with E-state index < -0.39 is 5.97 Å². The highest BCUT2D eigenvalue weighted by Crippen LogP contribution is 2.28. The van der Waals surface area contributed by atoms with E-state index in [-0.39, 0.29) is 12.5 Å². The lowest BCUT2D eigenvalue weighted by Crippen LogP contribution is -2.41. The van der Waals surface area contributed by atoms with Gasteiger partial charge in [-0.2, -0.15) is 0 Å². The van der Waals surface area contributed by atoms with Crippen LogP contribution in [0.1, 0.15) is 25.3 Å². The number of ether oxygens (including phenoxy) is 3. The van der Waals surface area contributed by atoms with Gasteiger partial charge in [-0.15, -0.1) is 0 Å². The predicted octanol–water partition coefficient (Wildman–Crippen LogP) is 2.52. The second-order valence-electron chi connectivity index (χ2n) is 6.14. The third-order valence-electron chi connectivity index (χ3n) is 4.16. The standard InChI is InChI=1S/C19H25NO5/c1-14-5-4-10-20(12-14)18(21)13-25-16-8-6-15(11-17(16)23-2)7-9-19(22)24-3/h6-9,11,14H,4-5,10,12-13H2,1-3H3/b9-7+. The molecule has 1 aromatic rings. The summed E-state index contributed by atoms with van der Waals surface area (Å²) in [5, 5.41) is 0. The predicted molar refractivity (Wildman–Crippen MR) is 94.5 cm³/mol. The Morgan fingerprint density at radius 1 is 1.28 bits per heavy atom. The van der Waals surface area contributed by atoms with Crippen molar-refractivity contribution < 1.29 is 23.8 Å². The highest BCUT2D eigenvalue weighted by atomic mass is 16.5. The fraction of sp³-hybridized carbons (Fsp3) is 0.474. The van der Waals surface area contributed by atoms with Crippen LogP contribution < -0.4 is 9.47 Å². The minimum atomic E-state index is -0.430. The van der Waals surface area contributed by atoms with Gasteiger partial charge in [-0.25, -0.2) is 4.79 Å². The van der Waals surface area contributed by atoms with Crippen molar-refractivity contribution in [3.63, 3.8) is 0 Å². The van der Waals surface area contributed by atoms with Gasteiger partial charge in [0.2, 0.25) is 0 Å². The van der Waals surface area contributed by atoms with Crippen LogP contribution in [-0.2, 0) is 14.3 Å². The molecule has 1 fully saturated rings. The zero-order chi connectivity index (χ0) is 18.2. The summed E-state index contributed by atoms with van der Waals surface area (Å²) in [4.78, 5) is 25.3. The molecular formula is C19H25NO5. The summed E-state index contributed by atoms with van der Waals surface area (Å²) in [7, 11) is 2.86. The fourth-order valence-electron chi connectivity index (χ4n) is 2.79. The second kappa shape index (κ2) is 9.11.